The van der Waals surface area contributed by atoms with E-state index in [-0.39, 0.29) is 11.7 Å². The molecule has 1 unspecified atom stereocenters. The SMILES string of the molecule is COC(C)C(=O)NC1(C(N)=NO)CCCCCC1. The second kappa shape index (κ2) is 6.58. The summed E-state index contributed by atoms with van der Waals surface area (Å²) in [6, 6.07) is 0. The zero-order valence-corrected chi connectivity index (χ0v) is 11.1. The number of amides is 1. The van der Waals surface area contributed by atoms with Gasteiger partial charge >= 0.3 is 0 Å². The van der Waals surface area contributed by atoms with E-state index in [4.69, 9.17) is 15.7 Å². The standard InChI is InChI=1S/C12H23N3O3/c1-9(18-2)10(16)14-12(11(13)15-17)7-5-3-4-6-8-12/h9,17H,3-8H2,1-2H3,(H2,13,15)(H,14,16). The number of ether oxygens (including phenoxy) is 1. The lowest BCUT2D eigenvalue weighted by Crippen LogP contribution is -2.59. The number of methoxy groups -OCH3 is 1. The zero-order chi connectivity index (χ0) is 13.6. The van der Waals surface area contributed by atoms with Crippen LogP contribution in [0.5, 0.6) is 0 Å². The molecular formula is C12H23N3O3. The number of hydrogen-bond acceptors (Lipinski definition) is 4. The summed E-state index contributed by atoms with van der Waals surface area (Å²) >= 11 is 0. The van der Waals surface area contributed by atoms with Crippen molar-refractivity contribution in [3.8, 4) is 0 Å². The van der Waals surface area contributed by atoms with Gasteiger partial charge in [-0.2, -0.15) is 0 Å². The quantitative estimate of drug-likeness (QED) is 0.230. The number of oxime groups is 1. The van der Waals surface area contributed by atoms with E-state index in [1.807, 2.05) is 0 Å². The van der Waals surface area contributed by atoms with Crippen molar-refractivity contribution in [1.82, 2.24) is 5.32 Å². The molecule has 0 saturated heterocycles. The topological polar surface area (TPSA) is 96.9 Å². The fourth-order valence-corrected chi connectivity index (χ4v) is 2.32. The molecule has 1 aliphatic rings. The normalized spacial score (nSPS) is 22.0. The van der Waals surface area contributed by atoms with Crippen molar-refractivity contribution in [3.05, 3.63) is 0 Å². The molecular weight excluding hydrogens is 234 g/mol. The van der Waals surface area contributed by atoms with Crippen molar-refractivity contribution in [2.24, 2.45) is 10.9 Å². The molecule has 1 rings (SSSR count). The Morgan fingerprint density at radius 3 is 2.39 bits per heavy atom. The maximum atomic E-state index is 12.0. The minimum absolute atomic E-state index is 0.0843. The van der Waals surface area contributed by atoms with Crippen molar-refractivity contribution in [3.63, 3.8) is 0 Å². The third-order valence-corrected chi connectivity index (χ3v) is 3.64. The number of nitrogens with zero attached hydrogens (tertiary/aromatic N) is 1. The average molecular weight is 257 g/mol. The third kappa shape index (κ3) is 3.35. The smallest absolute Gasteiger partial charge is 0.249 e. The molecule has 0 aromatic carbocycles. The molecule has 1 fully saturated rings. The van der Waals surface area contributed by atoms with Gasteiger partial charge in [0, 0.05) is 7.11 Å². The van der Waals surface area contributed by atoms with Gasteiger partial charge < -0.3 is 21.0 Å². The second-order valence-corrected chi connectivity index (χ2v) is 4.85. The summed E-state index contributed by atoms with van der Waals surface area (Å²) in [5, 5.41) is 14.9. The molecule has 1 saturated carbocycles. The van der Waals surface area contributed by atoms with Crippen LogP contribution in [0.25, 0.3) is 0 Å². The van der Waals surface area contributed by atoms with Crippen molar-refractivity contribution >= 4 is 11.7 Å². The lowest BCUT2D eigenvalue weighted by Gasteiger charge is -2.33. The van der Waals surface area contributed by atoms with E-state index in [0.29, 0.717) is 12.8 Å². The number of carbonyl (C=O) groups excluding carboxylic acids is 1. The minimum atomic E-state index is -0.727. The summed E-state index contributed by atoms with van der Waals surface area (Å²) in [7, 11) is 1.48. The minimum Gasteiger partial charge on any atom is -0.409 e. The van der Waals surface area contributed by atoms with Crippen LogP contribution in [-0.2, 0) is 9.53 Å². The number of carbonyl (C=O) groups is 1. The fourth-order valence-electron chi connectivity index (χ4n) is 2.32. The first kappa shape index (κ1) is 14.8. The highest BCUT2D eigenvalue weighted by Crippen LogP contribution is 2.27. The van der Waals surface area contributed by atoms with Crippen LogP contribution in [0.1, 0.15) is 45.4 Å². The maximum absolute atomic E-state index is 12.0. The molecule has 1 aliphatic carbocycles. The summed E-state index contributed by atoms with van der Waals surface area (Å²) in [5.41, 5.74) is 5.06. The molecule has 0 bridgehead atoms. The lowest BCUT2D eigenvalue weighted by atomic mass is 9.88. The molecule has 0 aromatic rings. The number of nitrogens with one attached hydrogen (secondary N) is 1. The van der Waals surface area contributed by atoms with Crippen LogP contribution in [-0.4, -0.2) is 35.7 Å². The average Bonchev–Trinajstić information content (AvgIpc) is 2.63. The summed E-state index contributed by atoms with van der Waals surface area (Å²) in [5.74, 6) is -0.146. The molecule has 0 aromatic heterocycles. The van der Waals surface area contributed by atoms with E-state index in [0.717, 1.165) is 25.7 Å². The van der Waals surface area contributed by atoms with E-state index in [1.54, 1.807) is 6.92 Å². The molecule has 4 N–H and O–H groups in total. The number of amidine groups is 1. The Hall–Kier alpha value is -1.30. The Morgan fingerprint density at radius 1 is 1.39 bits per heavy atom. The van der Waals surface area contributed by atoms with E-state index >= 15 is 0 Å². The monoisotopic (exact) mass is 257 g/mol. The van der Waals surface area contributed by atoms with Gasteiger partial charge in [0.05, 0.1) is 0 Å². The third-order valence-electron chi connectivity index (χ3n) is 3.64. The van der Waals surface area contributed by atoms with Crippen LogP contribution in [0.2, 0.25) is 0 Å². The number of nitrogens with two attached hydrogens (primary N) is 1. The molecule has 104 valence electrons. The molecule has 6 heteroatoms. The Morgan fingerprint density at radius 2 is 1.94 bits per heavy atom. The van der Waals surface area contributed by atoms with Crippen molar-refractivity contribution in [2.75, 3.05) is 7.11 Å². The van der Waals surface area contributed by atoms with Crippen molar-refractivity contribution in [2.45, 2.75) is 57.1 Å². The van der Waals surface area contributed by atoms with Gasteiger partial charge in [-0.25, -0.2) is 0 Å². The van der Waals surface area contributed by atoms with Gasteiger partial charge in [0.25, 0.3) is 0 Å². The van der Waals surface area contributed by atoms with Crippen LogP contribution in [0.4, 0.5) is 0 Å². The van der Waals surface area contributed by atoms with E-state index in [9.17, 15) is 4.79 Å². The molecule has 1 atom stereocenters. The largest absolute Gasteiger partial charge is 0.409 e. The highest BCUT2D eigenvalue weighted by atomic mass is 16.5. The zero-order valence-electron chi connectivity index (χ0n) is 11.1. The molecule has 18 heavy (non-hydrogen) atoms. The lowest BCUT2D eigenvalue weighted by molar-refractivity contribution is -0.131. The van der Waals surface area contributed by atoms with Crippen LogP contribution in [0, 0.1) is 0 Å². The molecule has 0 radical (unpaired) electrons. The molecule has 0 aliphatic heterocycles. The van der Waals surface area contributed by atoms with Gasteiger partial charge in [-0.05, 0) is 19.8 Å². The molecule has 1 amide bonds. The molecule has 0 heterocycles. The number of rotatable bonds is 4. The van der Waals surface area contributed by atoms with Gasteiger partial charge in [0.15, 0.2) is 5.84 Å². The first-order valence-corrected chi connectivity index (χ1v) is 6.38. The Bertz CT molecular complexity index is 310. The van der Waals surface area contributed by atoms with E-state index in [1.165, 1.54) is 7.11 Å². The van der Waals surface area contributed by atoms with Gasteiger partial charge in [0.1, 0.15) is 11.6 Å². The highest BCUT2D eigenvalue weighted by Gasteiger charge is 2.38. The Labute approximate surface area is 108 Å². The summed E-state index contributed by atoms with van der Waals surface area (Å²) in [6.07, 6.45) is 4.98. The predicted octanol–water partition coefficient (Wildman–Crippen LogP) is 0.977. The molecule has 6 nitrogen and oxygen atoms in total. The van der Waals surface area contributed by atoms with Gasteiger partial charge in [-0.1, -0.05) is 30.8 Å². The van der Waals surface area contributed by atoms with Gasteiger partial charge in [0.2, 0.25) is 5.91 Å². The van der Waals surface area contributed by atoms with Crippen LogP contribution >= 0.6 is 0 Å². The summed E-state index contributed by atoms with van der Waals surface area (Å²) in [4.78, 5) is 12.0. The van der Waals surface area contributed by atoms with Crippen molar-refractivity contribution < 1.29 is 14.7 Å². The number of hydrogen-bond donors (Lipinski definition) is 3. The molecule has 0 spiro atoms. The second-order valence-electron chi connectivity index (χ2n) is 4.85. The Kier molecular flexibility index (Phi) is 5.40. The highest BCUT2D eigenvalue weighted by molar-refractivity contribution is 5.94. The van der Waals surface area contributed by atoms with Crippen molar-refractivity contribution in [1.29, 1.82) is 0 Å². The summed E-state index contributed by atoms with van der Waals surface area (Å²) < 4.78 is 4.99. The van der Waals surface area contributed by atoms with E-state index < -0.39 is 11.6 Å². The maximum Gasteiger partial charge on any atom is 0.249 e. The predicted molar refractivity (Wildman–Crippen MR) is 68.5 cm³/mol. The first-order chi connectivity index (χ1) is 8.55. The van der Waals surface area contributed by atoms with Crippen LogP contribution in [0.3, 0.4) is 0 Å². The first-order valence-electron chi connectivity index (χ1n) is 6.38. The van der Waals surface area contributed by atoms with Gasteiger partial charge in [-0.3, -0.25) is 4.79 Å². The van der Waals surface area contributed by atoms with E-state index in [2.05, 4.69) is 10.5 Å². The van der Waals surface area contributed by atoms with Gasteiger partial charge in [-0.15, -0.1) is 0 Å². The fraction of sp³-hybridized carbons (Fsp3) is 0.833. The van der Waals surface area contributed by atoms with Crippen LogP contribution < -0.4 is 11.1 Å². The van der Waals surface area contributed by atoms with Crippen LogP contribution in [0.15, 0.2) is 5.16 Å². The Balaban J connectivity index is 2.87. The summed E-state index contributed by atoms with van der Waals surface area (Å²) in [6.45, 7) is 1.67.